The topological polar surface area (TPSA) is 18.5 Å². The molecule has 1 aliphatic rings. The lowest BCUT2D eigenvalue weighted by molar-refractivity contribution is 0.0346. The Kier molecular flexibility index (Phi) is 4.25. The summed E-state index contributed by atoms with van der Waals surface area (Å²) in [6, 6.07) is 7.74. The first kappa shape index (κ1) is 11.6. The number of hydrogen-bond acceptors (Lipinski definition) is 2. The molecule has 1 heterocycles. The number of ether oxygens (including phenoxy) is 2. The quantitative estimate of drug-likeness (QED) is 0.623. The van der Waals surface area contributed by atoms with E-state index in [4.69, 9.17) is 21.1 Å². The Morgan fingerprint density at radius 3 is 2.67 bits per heavy atom. The Morgan fingerprint density at radius 2 is 2.07 bits per heavy atom. The Balaban J connectivity index is 1.85. The summed E-state index contributed by atoms with van der Waals surface area (Å²) in [5.41, 5.74) is 1.15. The lowest BCUT2D eigenvalue weighted by atomic mass is 10.2. The fourth-order valence-electron chi connectivity index (χ4n) is 1.44. The summed E-state index contributed by atoms with van der Waals surface area (Å²) in [6.45, 7) is 2.14. The maximum absolute atomic E-state index is 5.80. The molecule has 82 valence electrons. The van der Waals surface area contributed by atoms with E-state index < -0.39 is 0 Å². The van der Waals surface area contributed by atoms with Gasteiger partial charge in [0.25, 0.3) is 0 Å². The molecule has 1 saturated heterocycles. The third-order valence-electron chi connectivity index (χ3n) is 2.34. The molecule has 1 fully saturated rings. The molecule has 2 rings (SSSR count). The molecule has 1 aromatic rings. The van der Waals surface area contributed by atoms with Gasteiger partial charge in [-0.15, -0.1) is 0 Å². The van der Waals surface area contributed by atoms with Crippen LogP contribution in [0.4, 0.5) is 0 Å². The lowest BCUT2D eigenvalue weighted by Crippen LogP contribution is -2.21. The van der Waals surface area contributed by atoms with Gasteiger partial charge in [0.15, 0.2) is 0 Å². The molecule has 2 unspecified atom stereocenters. The minimum atomic E-state index is 0.223. The second kappa shape index (κ2) is 5.48. The van der Waals surface area contributed by atoms with Crippen LogP contribution in [0, 0.1) is 0 Å². The van der Waals surface area contributed by atoms with Crippen LogP contribution in [0.5, 0.6) is 0 Å². The Hall–Kier alpha value is 0.160. The molecule has 1 aromatic carbocycles. The summed E-state index contributed by atoms with van der Waals surface area (Å²) >= 11 is 8.17. The van der Waals surface area contributed by atoms with E-state index in [1.54, 1.807) is 0 Å². The molecule has 0 radical (unpaired) electrons. The van der Waals surface area contributed by atoms with Crippen molar-refractivity contribution >= 4 is 34.2 Å². The fraction of sp³-hybridized carbons (Fsp3) is 0.455. The maximum Gasteiger partial charge on any atom is 0.0952 e. The van der Waals surface area contributed by atoms with Crippen LogP contribution < -0.4 is 0 Å². The summed E-state index contributed by atoms with van der Waals surface area (Å²) < 4.78 is 11.6. The normalized spacial score (nSPS) is 25.7. The Bertz CT molecular complexity index is 315. The lowest BCUT2D eigenvalue weighted by Gasteiger charge is -2.13. The molecule has 1 aliphatic heterocycles. The summed E-state index contributed by atoms with van der Waals surface area (Å²) in [5, 5.41) is 0.759. The van der Waals surface area contributed by atoms with Gasteiger partial charge < -0.3 is 9.47 Å². The second-order valence-corrected chi connectivity index (χ2v) is 5.57. The molecular weight excluding hydrogens is 326 g/mol. The van der Waals surface area contributed by atoms with Crippen LogP contribution in [-0.2, 0) is 16.1 Å². The molecule has 0 spiro atoms. The van der Waals surface area contributed by atoms with Crippen molar-refractivity contribution in [2.75, 3.05) is 13.2 Å². The van der Waals surface area contributed by atoms with Crippen molar-refractivity contribution in [3.8, 4) is 0 Å². The standard InChI is InChI=1S/C11H12ClIO2/c12-9-3-1-8(2-4-9)5-15-11-7-14-6-10(11)13/h1-4,10-11H,5-7H2. The highest BCUT2D eigenvalue weighted by Gasteiger charge is 2.26. The van der Waals surface area contributed by atoms with E-state index in [1.807, 2.05) is 24.3 Å². The van der Waals surface area contributed by atoms with Crippen molar-refractivity contribution in [3.63, 3.8) is 0 Å². The van der Waals surface area contributed by atoms with Crippen molar-refractivity contribution in [2.24, 2.45) is 0 Å². The average molecular weight is 339 g/mol. The highest BCUT2D eigenvalue weighted by molar-refractivity contribution is 14.1. The van der Waals surface area contributed by atoms with Crippen molar-refractivity contribution in [1.82, 2.24) is 0 Å². The zero-order chi connectivity index (χ0) is 10.7. The van der Waals surface area contributed by atoms with E-state index in [9.17, 15) is 0 Å². The highest BCUT2D eigenvalue weighted by atomic mass is 127. The highest BCUT2D eigenvalue weighted by Crippen LogP contribution is 2.19. The van der Waals surface area contributed by atoms with E-state index in [1.165, 1.54) is 0 Å². The molecule has 0 saturated carbocycles. The zero-order valence-electron chi connectivity index (χ0n) is 8.16. The summed E-state index contributed by atoms with van der Waals surface area (Å²) in [4.78, 5) is 0. The number of alkyl halides is 1. The molecule has 0 N–H and O–H groups in total. The Morgan fingerprint density at radius 1 is 1.33 bits per heavy atom. The van der Waals surface area contributed by atoms with E-state index in [0.29, 0.717) is 17.1 Å². The predicted octanol–water partition coefficient (Wildman–Crippen LogP) is 3.06. The SMILES string of the molecule is Clc1ccc(COC2COCC2I)cc1. The van der Waals surface area contributed by atoms with Crippen molar-refractivity contribution < 1.29 is 9.47 Å². The van der Waals surface area contributed by atoms with Gasteiger partial charge in [-0.2, -0.15) is 0 Å². The van der Waals surface area contributed by atoms with Crippen LogP contribution in [0.2, 0.25) is 5.02 Å². The average Bonchev–Trinajstić information content (AvgIpc) is 2.63. The second-order valence-electron chi connectivity index (χ2n) is 3.53. The first-order valence-electron chi connectivity index (χ1n) is 4.83. The molecule has 0 amide bonds. The monoisotopic (exact) mass is 338 g/mol. The van der Waals surface area contributed by atoms with Crippen LogP contribution in [0.1, 0.15) is 5.56 Å². The van der Waals surface area contributed by atoms with Gasteiger partial charge in [0.05, 0.1) is 29.8 Å². The predicted molar refractivity (Wildman–Crippen MR) is 68.7 cm³/mol. The summed E-state index contributed by atoms with van der Waals surface area (Å²) in [6.07, 6.45) is 0.223. The van der Waals surface area contributed by atoms with E-state index in [2.05, 4.69) is 22.6 Å². The molecule has 4 heteroatoms. The van der Waals surface area contributed by atoms with Crippen molar-refractivity contribution in [1.29, 1.82) is 0 Å². The molecule has 15 heavy (non-hydrogen) atoms. The van der Waals surface area contributed by atoms with E-state index >= 15 is 0 Å². The van der Waals surface area contributed by atoms with Gasteiger partial charge in [0.2, 0.25) is 0 Å². The van der Waals surface area contributed by atoms with Gasteiger partial charge in [0, 0.05) is 5.02 Å². The molecule has 2 atom stereocenters. The largest absolute Gasteiger partial charge is 0.378 e. The van der Waals surface area contributed by atoms with Crippen molar-refractivity contribution in [3.05, 3.63) is 34.9 Å². The van der Waals surface area contributed by atoms with Gasteiger partial charge in [0.1, 0.15) is 0 Å². The Labute approximate surface area is 108 Å². The zero-order valence-corrected chi connectivity index (χ0v) is 11.1. The molecular formula is C11H12ClIO2. The number of halogens is 2. The van der Waals surface area contributed by atoms with Gasteiger partial charge in [-0.3, -0.25) is 0 Å². The summed E-state index contributed by atoms with van der Waals surface area (Å²) in [7, 11) is 0. The number of benzene rings is 1. The van der Waals surface area contributed by atoms with Crippen molar-refractivity contribution in [2.45, 2.75) is 16.6 Å². The van der Waals surface area contributed by atoms with Crippen LogP contribution in [0.15, 0.2) is 24.3 Å². The van der Waals surface area contributed by atoms with Gasteiger partial charge >= 0.3 is 0 Å². The summed E-state index contributed by atoms with van der Waals surface area (Å²) in [5.74, 6) is 0. The van der Waals surface area contributed by atoms with Crippen LogP contribution in [0.25, 0.3) is 0 Å². The van der Waals surface area contributed by atoms with Gasteiger partial charge in [-0.1, -0.05) is 46.3 Å². The van der Waals surface area contributed by atoms with E-state index in [0.717, 1.165) is 17.2 Å². The smallest absolute Gasteiger partial charge is 0.0952 e. The molecule has 0 bridgehead atoms. The minimum absolute atomic E-state index is 0.223. The number of rotatable bonds is 3. The minimum Gasteiger partial charge on any atom is -0.378 e. The van der Waals surface area contributed by atoms with Crippen LogP contribution in [-0.4, -0.2) is 23.2 Å². The third kappa shape index (κ3) is 3.31. The molecule has 0 aromatic heterocycles. The first-order valence-corrected chi connectivity index (χ1v) is 6.46. The third-order valence-corrected chi connectivity index (χ3v) is 3.75. The van der Waals surface area contributed by atoms with Gasteiger partial charge in [-0.05, 0) is 17.7 Å². The first-order chi connectivity index (χ1) is 7.25. The van der Waals surface area contributed by atoms with E-state index in [-0.39, 0.29) is 6.10 Å². The van der Waals surface area contributed by atoms with Crippen LogP contribution >= 0.6 is 34.2 Å². The molecule has 0 aliphatic carbocycles. The maximum atomic E-state index is 5.80. The van der Waals surface area contributed by atoms with Crippen LogP contribution in [0.3, 0.4) is 0 Å². The molecule has 2 nitrogen and oxygen atoms in total. The number of hydrogen-bond donors (Lipinski definition) is 0. The fourth-order valence-corrected chi connectivity index (χ4v) is 2.24. The van der Waals surface area contributed by atoms with Gasteiger partial charge in [-0.25, -0.2) is 0 Å².